The highest BCUT2D eigenvalue weighted by atomic mass is 127. The topological polar surface area (TPSA) is 18.5 Å². The lowest BCUT2D eigenvalue weighted by Crippen LogP contribution is -2.47. The molecule has 2 aromatic carbocycles. The molecule has 0 aromatic heterocycles. The van der Waals surface area contributed by atoms with Crippen LogP contribution in [0.1, 0.15) is 12.5 Å². The van der Waals surface area contributed by atoms with E-state index in [2.05, 4.69) is 59.0 Å². The van der Waals surface area contributed by atoms with E-state index in [4.69, 9.17) is 9.47 Å². The number of halogens is 4. The predicted octanol–water partition coefficient (Wildman–Crippen LogP) is 6.32. The van der Waals surface area contributed by atoms with Crippen LogP contribution in [0.3, 0.4) is 0 Å². The second-order valence-electron chi connectivity index (χ2n) is 6.29. The number of hydrogen-bond acceptors (Lipinski definition) is 2. The van der Waals surface area contributed by atoms with Crippen LogP contribution in [-0.2, 0) is 0 Å². The highest BCUT2D eigenvalue weighted by molar-refractivity contribution is 14.1. The maximum Gasteiger partial charge on any atom is 0.190 e. The van der Waals surface area contributed by atoms with Crippen molar-refractivity contribution in [3.8, 4) is 11.5 Å². The summed E-state index contributed by atoms with van der Waals surface area (Å²) < 4.78 is 40.4. The maximum atomic E-state index is 13.5. The summed E-state index contributed by atoms with van der Waals surface area (Å²) in [4.78, 5) is 0. The number of benzene rings is 2. The van der Waals surface area contributed by atoms with E-state index in [-0.39, 0.29) is 11.6 Å². The van der Waals surface area contributed by atoms with Gasteiger partial charge >= 0.3 is 0 Å². The Labute approximate surface area is 182 Å². The average molecular weight is 601 g/mol. The van der Waals surface area contributed by atoms with E-state index in [0.717, 1.165) is 30.5 Å². The van der Waals surface area contributed by atoms with Crippen LogP contribution >= 0.6 is 45.2 Å². The highest BCUT2D eigenvalue weighted by Crippen LogP contribution is 2.29. The van der Waals surface area contributed by atoms with Crippen molar-refractivity contribution in [2.24, 2.45) is 0 Å². The monoisotopic (exact) mass is 601 g/mol. The van der Waals surface area contributed by atoms with Crippen molar-refractivity contribution in [3.05, 3.63) is 61.6 Å². The Morgan fingerprint density at radius 2 is 1.65 bits per heavy atom. The van der Waals surface area contributed by atoms with Gasteiger partial charge in [-0.1, -0.05) is 13.0 Å². The Kier molecular flexibility index (Phi) is 8.02. The van der Waals surface area contributed by atoms with E-state index in [0.29, 0.717) is 18.2 Å². The first-order valence-electron chi connectivity index (χ1n) is 8.26. The van der Waals surface area contributed by atoms with Gasteiger partial charge in [-0.3, -0.25) is 0 Å². The number of rotatable bonds is 8. The van der Waals surface area contributed by atoms with Crippen LogP contribution in [0.4, 0.5) is 8.78 Å². The fourth-order valence-electron chi connectivity index (χ4n) is 2.49. The SMILES string of the molecule is [CH2+]C[Si](CC)(COc1ccc(F)cc1I)COc1c(C)cc(F)cc1I. The normalized spacial score (nSPS) is 13.3. The summed E-state index contributed by atoms with van der Waals surface area (Å²) in [6.07, 6.45) is 1.10. The van der Waals surface area contributed by atoms with E-state index < -0.39 is 8.07 Å². The van der Waals surface area contributed by atoms with Crippen molar-refractivity contribution in [1.82, 2.24) is 0 Å². The molecule has 0 fully saturated rings. The molecular weight excluding hydrogens is 580 g/mol. The molecule has 0 aliphatic heterocycles. The first-order chi connectivity index (χ1) is 12.3. The van der Waals surface area contributed by atoms with Crippen molar-refractivity contribution in [1.29, 1.82) is 0 Å². The molecule has 1 unspecified atom stereocenters. The zero-order valence-electron chi connectivity index (χ0n) is 14.8. The molecule has 7 heteroatoms. The van der Waals surface area contributed by atoms with Gasteiger partial charge in [-0.25, -0.2) is 8.78 Å². The minimum Gasteiger partial charge on any atom is -0.496 e. The molecular formula is C19H21F2I2O2Si+. The van der Waals surface area contributed by atoms with Gasteiger partial charge < -0.3 is 9.47 Å². The summed E-state index contributed by atoms with van der Waals surface area (Å²) in [5.74, 6) is 0.868. The van der Waals surface area contributed by atoms with Gasteiger partial charge in [0.15, 0.2) is 8.07 Å². The van der Waals surface area contributed by atoms with Crippen LogP contribution in [0, 0.1) is 32.6 Å². The Morgan fingerprint density at radius 3 is 2.23 bits per heavy atom. The third-order valence-corrected chi connectivity index (χ3v) is 10.1. The van der Waals surface area contributed by atoms with Crippen molar-refractivity contribution in [3.63, 3.8) is 0 Å². The number of aryl methyl sites for hydroxylation is 1. The summed E-state index contributed by atoms with van der Waals surface area (Å²) in [5, 5.41) is 0. The first kappa shape index (κ1) is 21.7. The number of hydrogen-bond donors (Lipinski definition) is 0. The summed E-state index contributed by atoms with van der Waals surface area (Å²) >= 11 is 4.16. The van der Waals surface area contributed by atoms with Gasteiger partial charge in [0.2, 0.25) is 0 Å². The summed E-state index contributed by atoms with van der Waals surface area (Å²) in [6.45, 7) is 8.10. The van der Waals surface area contributed by atoms with Crippen LogP contribution in [-0.4, -0.2) is 20.5 Å². The molecule has 0 spiro atoms. The molecule has 0 saturated carbocycles. The van der Waals surface area contributed by atoms with Gasteiger partial charge in [-0.05, 0) is 88.0 Å². The van der Waals surface area contributed by atoms with E-state index >= 15 is 0 Å². The molecule has 26 heavy (non-hydrogen) atoms. The minimum absolute atomic E-state index is 0.260. The largest absolute Gasteiger partial charge is 0.496 e. The Morgan fingerprint density at radius 1 is 1.00 bits per heavy atom. The Balaban J connectivity index is 2.11. The predicted molar refractivity (Wildman–Crippen MR) is 120 cm³/mol. The third kappa shape index (κ3) is 5.48. The van der Waals surface area contributed by atoms with Crippen LogP contribution in [0.15, 0.2) is 30.3 Å². The van der Waals surface area contributed by atoms with E-state index in [1.165, 1.54) is 24.3 Å². The maximum absolute atomic E-state index is 13.5. The Bertz CT molecular complexity index is 744. The van der Waals surface area contributed by atoms with Crippen molar-refractivity contribution in [2.45, 2.75) is 25.9 Å². The summed E-state index contributed by atoms with van der Waals surface area (Å²) in [5.41, 5.74) is 0.784. The van der Waals surface area contributed by atoms with Crippen LogP contribution in [0.25, 0.3) is 0 Å². The van der Waals surface area contributed by atoms with E-state index in [1.807, 2.05) is 6.92 Å². The molecule has 1 atom stereocenters. The summed E-state index contributed by atoms with van der Waals surface area (Å²) in [7, 11) is -1.95. The van der Waals surface area contributed by atoms with Crippen LogP contribution in [0.5, 0.6) is 11.5 Å². The van der Waals surface area contributed by atoms with Crippen molar-refractivity contribution < 1.29 is 18.3 Å². The Hall–Kier alpha value is -0.553. The lowest BCUT2D eigenvalue weighted by molar-refractivity contribution is 0.337. The van der Waals surface area contributed by atoms with Crippen LogP contribution in [0.2, 0.25) is 12.1 Å². The fraction of sp³-hybridized carbons (Fsp3) is 0.316. The minimum atomic E-state index is -1.95. The van der Waals surface area contributed by atoms with E-state index in [9.17, 15) is 8.78 Å². The fourth-order valence-corrected chi connectivity index (χ4v) is 6.04. The van der Waals surface area contributed by atoms with Crippen LogP contribution < -0.4 is 9.47 Å². The average Bonchev–Trinajstić information content (AvgIpc) is 2.58. The van der Waals surface area contributed by atoms with Gasteiger partial charge in [0, 0.05) is 0 Å². The van der Waals surface area contributed by atoms with Crippen molar-refractivity contribution >= 4 is 53.3 Å². The molecule has 0 aliphatic carbocycles. The van der Waals surface area contributed by atoms with Gasteiger partial charge in [0.1, 0.15) is 23.1 Å². The molecule has 0 radical (unpaired) electrons. The van der Waals surface area contributed by atoms with Gasteiger partial charge in [-0.15, -0.1) is 0 Å². The number of ether oxygens (including phenoxy) is 2. The first-order valence-corrected chi connectivity index (χ1v) is 13.2. The standard InChI is InChI=1S/C19H21F2I2O2Si/c1-4-26(5-2,11-24-18-7-6-14(20)9-16(18)22)12-25-19-13(3)8-15(21)10-17(19)23/h6-10H,1,4-5,11-12H2,2-3H3/q+1. The van der Waals surface area contributed by atoms with Gasteiger partial charge in [-0.2, -0.15) is 0 Å². The second-order valence-corrected chi connectivity index (χ2v) is 13.4. The molecule has 2 rings (SSSR count). The molecule has 0 bridgehead atoms. The molecule has 2 nitrogen and oxygen atoms in total. The summed E-state index contributed by atoms with van der Waals surface area (Å²) in [6, 6.07) is 9.17. The molecule has 0 heterocycles. The zero-order valence-corrected chi connectivity index (χ0v) is 20.1. The highest BCUT2D eigenvalue weighted by Gasteiger charge is 2.36. The smallest absolute Gasteiger partial charge is 0.190 e. The third-order valence-electron chi connectivity index (χ3n) is 4.42. The van der Waals surface area contributed by atoms with E-state index in [1.54, 1.807) is 6.07 Å². The second kappa shape index (κ2) is 9.58. The zero-order chi connectivity index (χ0) is 19.3. The molecule has 140 valence electrons. The van der Waals surface area contributed by atoms with Gasteiger partial charge in [0.25, 0.3) is 0 Å². The lowest BCUT2D eigenvalue weighted by Gasteiger charge is -2.27. The lowest BCUT2D eigenvalue weighted by atomic mass is 10.2. The molecule has 0 N–H and O–H groups in total. The molecule has 2 aromatic rings. The molecule has 0 aliphatic rings. The van der Waals surface area contributed by atoms with Crippen molar-refractivity contribution in [2.75, 3.05) is 12.5 Å². The van der Waals surface area contributed by atoms with Gasteiger partial charge in [0.05, 0.1) is 32.6 Å². The molecule has 0 saturated heterocycles. The molecule has 0 amide bonds. The quantitative estimate of drug-likeness (QED) is 0.201.